The molecule has 0 radical (unpaired) electrons. The first-order valence-corrected chi connectivity index (χ1v) is 34.4. The molecule has 480 valence electrons. The average Bonchev–Trinajstić information content (AvgIpc) is 3.48. The SMILES string of the molecule is CCCCCCCCCCCCCCCC/C=C/C(O)C(COC1OC(CO)C(OC2OC(CO)C(O)C(O)C2O)C(O)C1O)NC(=O)CCCCCCCCCCCCCCCCCCCCCCCCCCCCCCCCC. The summed E-state index contributed by atoms with van der Waals surface area (Å²) < 4.78 is 22.8. The molecule has 0 spiro atoms. The lowest BCUT2D eigenvalue weighted by Gasteiger charge is -2.46. The Balaban J connectivity index is 1.63. The Morgan fingerprint density at radius 1 is 0.432 bits per heavy atom. The van der Waals surface area contributed by atoms with Gasteiger partial charge in [-0.2, -0.15) is 0 Å². The fourth-order valence-corrected chi connectivity index (χ4v) is 11.7. The summed E-state index contributed by atoms with van der Waals surface area (Å²) in [5.41, 5.74) is 0. The van der Waals surface area contributed by atoms with Crippen LogP contribution in [0.3, 0.4) is 0 Å². The van der Waals surface area contributed by atoms with Gasteiger partial charge in [-0.1, -0.05) is 302 Å². The molecule has 1 amide bonds. The largest absolute Gasteiger partial charge is 0.394 e. The molecule has 14 nitrogen and oxygen atoms in total. The Kier molecular flexibility index (Phi) is 49.6. The first-order chi connectivity index (χ1) is 39.6. The van der Waals surface area contributed by atoms with Crippen molar-refractivity contribution in [3.05, 3.63) is 12.2 Å². The van der Waals surface area contributed by atoms with Crippen molar-refractivity contribution >= 4 is 5.91 Å². The van der Waals surface area contributed by atoms with Gasteiger partial charge in [0.25, 0.3) is 0 Å². The number of nitrogens with one attached hydrogen (secondary N) is 1. The predicted octanol–water partition coefficient (Wildman–Crippen LogP) is 13.4. The Bertz CT molecular complexity index is 1410. The second kappa shape index (κ2) is 53.0. The van der Waals surface area contributed by atoms with E-state index in [1.54, 1.807) is 6.08 Å². The molecule has 0 aromatic carbocycles. The number of unbranched alkanes of at least 4 members (excludes halogenated alkanes) is 44. The van der Waals surface area contributed by atoms with E-state index in [0.29, 0.717) is 6.42 Å². The highest BCUT2D eigenvalue weighted by molar-refractivity contribution is 5.76. The Morgan fingerprint density at radius 2 is 0.765 bits per heavy atom. The van der Waals surface area contributed by atoms with E-state index in [-0.39, 0.29) is 18.9 Å². The molecule has 9 N–H and O–H groups in total. The molecule has 0 saturated carbocycles. The minimum Gasteiger partial charge on any atom is -0.394 e. The molecular weight excluding hydrogens is 1030 g/mol. The van der Waals surface area contributed by atoms with Crippen molar-refractivity contribution in [3.8, 4) is 0 Å². The normalized spacial score (nSPS) is 24.1. The topological polar surface area (TPSA) is 228 Å². The van der Waals surface area contributed by atoms with E-state index in [4.69, 9.17) is 18.9 Å². The molecule has 2 heterocycles. The Morgan fingerprint density at radius 3 is 1.14 bits per heavy atom. The molecule has 0 aromatic rings. The number of amides is 1. The predicted molar refractivity (Wildman–Crippen MR) is 328 cm³/mol. The van der Waals surface area contributed by atoms with Gasteiger partial charge >= 0.3 is 0 Å². The average molecular weight is 1160 g/mol. The van der Waals surface area contributed by atoms with Gasteiger partial charge in [0.15, 0.2) is 12.6 Å². The van der Waals surface area contributed by atoms with E-state index in [9.17, 15) is 45.6 Å². The third kappa shape index (κ3) is 37.8. The van der Waals surface area contributed by atoms with Crippen LogP contribution in [0.4, 0.5) is 0 Å². The minimum absolute atomic E-state index is 0.232. The van der Waals surface area contributed by atoms with Gasteiger partial charge in [-0.25, -0.2) is 0 Å². The van der Waals surface area contributed by atoms with Gasteiger partial charge in [-0.3, -0.25) is 4.79 Å². The van der Waals surface area contributed by atoms with Gasteiger partial charge in [0, 0.05) is 6.42 Å². The summed E-state index contributed by atoms with van der Waals surface area (Å²) in [6, 6.07) is -0.910. The van der Waals surface area contributed by atoms with Crippen LogP contribution in [0.5, 0.6) is 0 Å². The number of aliphatic hydroxyl groups excluding tert-OH is 8. The van der Waals surface area contributed by atoms with Crippen LogP contribution in [0.1, 0.15) is 316 Å². The van der Waals surface area contributed by atoms with Crippen molar-refractivity contribution in [1.82, 2.24) is 5.32 Å². The molecular formula is C67H129NO13. The van der Waals surface area contributed by atoms with E-state index in [0.717, 1.165) is 38.5 Å². The van der Waals surface area contributed by atoms with Gasteiger partial charge in [-0.15, -0.1) is 0 Å². The van der Waals surface area contributed by atoms with Gasteiger partial charge in [0.2, 0.25) is 5.91 Å². The molecule has 2 aliphatic heterocycles. The number of carbonyl (C=O) groups is 1. The molecule has 2 aliphatic rings. The van der Waals surface area contributed by atoms with Gasteiger partial charge in [0.05, 0.1) is 32.0 Å². The van der Waals surface area contributed by atoms with Crippen molar-refractivity contribution in [2.45, 2.75) is 389 Å². The molecule has 2 saturated heterocycles. The van der Waals surface area contributed by atoms with Crippen LogP contribution in [0, 0.1) is 0 Å². The number of ether oxygens (including phenoxy) is 4. The summed E-state index contributed by atoms with van der Waals surface area (Å²) in [5, 5.41) is 87.3. The quantitative estimate of drug-likeness (QED) is 0.0204. The minimum atomic E-state index is -1.79. The zero-order valence-electron chi connectivity index (χ0n) is 52.1. The first-order valence-electron chi connectivity index (χ1n) is 34.4. The highest BCUT2D eigenvalue weighted by Crippen LogP contribution is 2.30. The van der Waals surface area contributed by atoms with Crippen LogP contribution < -0.4 is 5.32 Å². The lowest BCUT2D eigenvalue weighted by molar-refractivity contribution is -0.359. The molecule has 12 atom stereocenters. The van der Waals surface area contributed by atoms with E-state index in [2.05, 4.69) is 19.2 Å². The third-order valence-corrected chi connectivity index (χ3v) is 17.2. The summed E-state index contributed by atoms with van der Waals surface area (Å²) in [5.74, 6) is -0.232. The summed E-state index contributed by atoms with van der Waals surface area (Å²) in [4.78, 5) is 13.3. The summed E-state index contributed by atoms with van der Waals surface area (Å²) >= 11 is 0. The number of hydrogen-bond acceptors (Lipinski definition) is 13. The zero-order valence-corrected chi connectivity index (χ0v) is 52.1. The van der Waals surface area contributed by atoms with Crippen LogP contribution in [0.25, 0.3) is 0 Å². The molecule has 12 unspecified atom stereocenters. The van der Waals surface area contributed by atoms with E-state index in [1.807, 2.05) is 6.08 Å². The number of aliphatic hydroxyl groups is 8. The number of hydrogen-bond donors (Lipinski definition) is 9. The molecule has 14 heteroatoms. The molecule has 0 aromatic heterocycles. The summed E-state index contributed by atoms with van der Waals surface area (Å²) in [7, 11) is 0. The standard InChI is InChI=1S/C67H129NO13/c1-3-5-7-9-11-13-15-17-19-21-22-23-24-25-26-27-28-29-30-31-32-33-34-35-37-39-41-43-45-47-49-51-59(72)68-55(56(71)50-48-46-44-42-40-38-36-20-18-16-14-12-10-8-6-4-2)54-78-66-64(77)62(75)65(58(53-70)80-66)81-67-63(76)61(74)60(73)57(52-69)79-67/h48,50,55-58,60-67,69-71,73-77H,3-47,49,51-54H2,1-2H3,(H,68,72)/b50-48+. The van der Waals surface area contributed by atoms with E-state index >= 15 is 0 Å². The molecule has 81 heavy (non-hydrogen) atoms. The van der Waals surface area contributed by atoms with E-state index < -0.39 is 86.8 Å². The van der Waals surface area contributed by atoms with Gasteiger partial charge in [0.1, 0.15) is 48.8 Å². The maximum absolute atomic E-state index is 13.3. The van der Waals surface area contributed by atoms with Crippen molar-refractivity contribution in [2.24, 2.45) is 0 Å². The van der Waals surface area contributed by atoms with Crippen molar-refractivity contribution in [3.63, 3.8) is 0 Å². The second-order valence-electron chi connectivity index (χ2n) is 24.7. The summed E-state index contributed by atoms with van der Waals surface area (Å²) in [6.07, 6.45) is 47.1. The maximum atomic E-state index is 13.3. The monoisotopic (exact) mass is 1160 g/mol. The number of allylic oxidation sites excluding steroid dienone is 1. The fraction of sp³-hybridized carbons (Fsp3) is 0.955. The smallest absolute Gasteiger partial charge is 0.220 e. The van der Waals surface area contributed by atoms with Crippen molar-refractivity contribution < 1.29 is 64.6 Å². The molecule has 0 bridgehead atoms. The lowest BCUT2D eigenvalue weighted by Crippen LogP contribution is -2.65. The lowest BCUT2D eigenvalue weighted by atomic mass is 9.97. The van der Waals surface area contributed by atoms with Crippen LogP contribution in [-0.4, -0.2) is 140 Å². The molecule has 2 fully saturated rings. The fourth-order valence-electron chi connectivity index (χ4n) is 11.7. The van der Waals surface area contributed by atoms with Crippen LogP contribution >= 0.6 is 0 Å². The van der Waals surface area contributed by atoms with Gasteiger partial charge < -0.3 is 65.1 Å². The summed E-state index contributed by atoms with van der Waals surface area (Å²) in [6.45, 7) is 2.85. The van der Waals surface area contributed by atoms with Crippen molar-refractivity contribution in [2.75, 3.05) is 19.8 Å². The molecule has 0 aliphatic carbocycles. The van der Waals surface area contributed by atoms with Crippen molar-refractivity contribution in [1.29, 1.82) is 0 Å². The maximum Gasteiger partial charge on any atom is 0.220 e. The van der Waals surface area contributed by atoms with Crippen LogP contribution in [0.15, 0.2) is 12.2 Å². The third-order valence-electron chi connectivity index (χ3n) is 17.2. The second-order valence-corrected chi connectivity index (χ2v) is 24.7. The number of carbonyl (C=O) groups excluding carboxylic acids is 1. The zero-order chi connectivity index (χ0) is 58.8. The Hall–Kier alpha value is -1.27. The highest BCUT2D eigenvalue weighted by Gasteiger charge is 2.51. The van der Waals surface area contributed by atoms with E-state index in [1.165, 1.54) is 250 Å². The number of rotatable bonds is 57. The Labute approximate surface area is 495 Å². The highest BCUT2D eigenvalue weighted by atomic mass is 16.7. The first kappa shape index (κ1) is 75.8. The van der Waals surface area contributed by atoms with Crippen LogP contribution in [-0.2, 0) is 23.7 Å². The van der Waals surface area contributed by atoms with Gasteiger partial charge in [-0.05, 0) is 19.3 Å². The molecule has 2 rings (SSSR count). The van der Waals surface area contributed by atoms with Crippen LogP contribution in [0.2, 0.25) is 0 Å².